The van der Waals surface area contributed by atoms with Crippen molar-refractivity contribution in [2.45, 2.75) is 43.0 Å². The second-order valence-electron chi connectivity index (χ2n) is 4.47. The molecule has 0 aliphatic rings. The van der Waals surface area contributed by atoms with E-state index in [1.54, 1.807) is 23.8 Å². The predicted molar refractivity (Wildman–Crippen MR) is 72.2 cm³/mol. The van der Waals surface area contributed by atoms with Crippen molar-refractivity contribution in [2.75, 3.05) is 0 Å². The predicted octanol–water partition coefficient (Wildman–Crippen LogP) is 1.75. The first kappa shape index (κ1) is 13.8. The van der Waals surface area contributed by atoms with Crippen LogP contribution in [0, 0.1) is 0 Å². The zero-order valence-electron chi connectivity index (χ0n) is 11.0. The van der Waals surface area contributed by atoms with E-state index >= 15 is 0 Å². The Kier molecular flexibility index (Phi) is 4.06. The van der Waals surface area contributed by atoms with Crippen LogP contribution < -0.4 is 5.69 Å². The molecule has 7 heteroatoms. The average molecular weight is 280 g/mol. The molecule has 0 radical (unpaired) electrons. The third-order valence-corrected chi connectivity index (χ3v) is 3.53. The van der Waals surface area contributed by atoms with Gasteiger partial charge < -0.3 is 5.11 Å². The lowest BCUT2D eigenvalue weighted by molar-refractivity contribution is 0.194. The number of aliphatic hydroxyl groups is 1. The molecule has 0 aliphatic heterocycles. The third kappa shape index (κ3) is 3.05. The van der Waals surface area contributed by atoms with Crippen LogP contribution in [0.2, 0.25) is 0 Å². The first-order valence-corrected chi connectivity index (χ1v) is 6.79. The molecule has 0 unspecified atom stereocenters. The number of H-pyrrole nitrogens is 1. The van der Waals surface area contributed by atoms with Gasteiger partial charge in [0.15, 0.2) is 5.16 Å². The molecule has 2 heterocycles. The second-order valence-corrected chi connectivity index (χ2v) is 5.51. The van der Waals surface area contributed by atoms with Crippen LogP contribution in [0.5, 0.6) is 0 Å². The lowest BCUT2D eigenvalue weighted by Gasteiger charge is -2.08. The zero-order valence-corrected chi connectivity index (χ0v) is 11.8. The zero-order chi connectivity index (χ0) is 14.0. The Bertz CT molecular complexity index is 601. The molecule has 0 aromatic carbocycles. The van der Waals surface area contributed by atoms with Crippen LogP contribution in [0.25, 0.3) is 0 Å². The molecule has 0 aliphatic carbocycles. The van der Waals surface area contributed by atoms with Crippen molar-refractivity contribution in [3.05, 3.63) is 34.5 Å². The Morgan fingerprint density at radius 1 is 1.37 bits per heavy atom. The summed E-state index contributed by atoms with van der Waals surface area (Å²) in [7, 11) is 0. The Balaban J connectivity index is 2.24. The van der Waals surface area contributed by atoms with E-state index in [-0.39, 0.29) is 11.7 Å². The quantitative estimate of drug-likeness (QED) is 0.891. The van der Waals surface area contributed by atoms with Gasteiger partial charge in [0, 0.05) is 17.1 Å². The molecule has 0 amide bonds. The van der Waals surface area contributed by atoms with Crippen molar-refractivity contribution in [3.63, 3.8) is 0 Å². The second kappa shape index (κ2) is 5.58. The standard InChI is InChI=1S/C12H16N4O2S/c1-7(2)16-11(18)14-15-12(16)19-9-4-5-10(8(3)17)13-6-9/h4-8,17H,1-3H3,(H,14,18)/t8-/m0/s1. The maximum absolute atomic E-state index is 11.6. The summed E-state index contributed by atoms with van der Waals surface area (Å²) < 4.78 is 1.59. The Morgan fingerprint density at radius 3 is 2.63 bits per heavy atom. The van der Waals surface area contributed by atoms with Crippen molar-refractivity contribution >= 4 is 11.8 Å². The monoisotopic (exact) mass is 280 g/mol. The lowest BCUT2D eigenvalue weighted by atomic mass is 10.2. The minimum Gasteiger partial charge on any atom is -0.387 e. The topological polar surface area (TPSA) is 83.8 Å². The van der Waals surface area contributed by atoms with Gasteiger partial charge in [-0.05, 0) is 44.7 Å². The molecule has 1 atom stereocenters. The van der Waals surface area contributed by atoms with E-state index < -0.39 is 6.10 Å². The molecular weight excluding hydrogens is 264 g/mol. The molecule has 0 spiro atoms. The molecule has 2 rings (SSSR count). The van der Waals surface area contributed by atoms with E-state index in [1.807, 2.05) is 19.9 Å². The Morgan fingerprint density at radius 2 is 2.11 bits per heavy atom. The highest BCUT2D eigenvalue weighted by molar-refractivity contribution is 7.99. The molecule has 2 aromatic heterocycles. The fraction of sp³-hybridized carbons (Fsp3) is 0.417. The van der Waals surface area contributed by atoms with Crippen LogP contribution >= 0.6 is 11.8 Å². The van der Waals surface area contributed by atoms with Gasteiger partial charge in [-0.2, -0.15) is 0 Å². The number of aliphatic hydroxyl groups excluding tert-OH is 1. The molecule has 102 valence electrons. The number of hydrogen-bond donors (Lipinski definition) is 2. The van der Waals surface area contributed by atoms with Gasteiger partial charge in [0.1, 0.15) is 0 Å². The van der Waals surface area contributed by atoms with E-state index in [4.69, 9.17) is 0 Å². The minimum absolute atomic E-state index is 0.0402. The van der Waals surface area contributed by atoms with Crippen LogP contribution in [0.4, 0.5) is 0 Å². The van der Waals surface area contributed by atoms with E-state index in [0.717, 1.165) is 4.90 Å². The molecule has 0 fully saturated rings. The molecule has 2 aromatic rings. The molecule has 2 N–H and O–H groups in total. The number of hydrogen-bond acceptors (Lipinski definition) is 5. The summed E-state index contributed by atoms with van der Waals surface area (Å²) in [6, 6.07) is 3.65. The number of rotatable bonds is 4. The smallest absolute Gasteiger partial charge is 0.344 e. The fourth-order valence-corrected chi connectivity index (χ4v) is 2.56. The molecule has 0 saturated heterocycles. The van der Waals surface area contributed by atoms with Crippen LogP contribution in [-0.2, 0) is 0 Å². The lowest BCUT2D eigenvalue weighted by Crippen LogP contribution is -2.19. The van der Waals surface area contributed by atoms with Crippen molar-refractivity contribution in [1.29, 1.82) is 0 Å². The maximum Gasteiger partial charge on any atom is 0.344 e. The molecule has 0 bridgehead atoms. The number of aromatic amines is 1. The summed E-state index contributed by atoms with van der Waals surface area (Å²) in [5, 5.41) is 16.4. The molecule has 6 nitrogen and oxygen atoms in total. The third-order valence-electron chi connectivity index (χ3n) is 2.58. The van der Waals surface area contributed by atoms with E-state index in [0.29, 0.717) is 10.9 Å². The number of pyridine rings is 1. The summed E-state index contributed by atoms with van der Waals surface area (Å²) >= 11 is 1.36. The van der Waals surface area contributed by atoms with Gasteiger partial charge in [-0.25, -0.2) is 9.89 Å². The number of nitrogens with zero attached hydrogens (tertiary/aromatic N) is 3. The largest absolute Gasteiger partial charge is 0.387 e. The highest BCUT2D eigenvalue weighted by Crippen LogP contribution is 2.26. The van der Waals surface area contributed by atoms with Crippen LogP contribution in [0.3, 0.4) is 0 Å². The summed E-state index contributed by atoms with van der Waals surface area (Å²) in [5.74, 6) is 0. The van der Waals surface area contributed by atoms with Gasteiger partial charge in [0.25, 0.3) is 0 Å². The summed E-state index contributed by atoms with van der Waals surface area (Å²) in [6.07, 6.45) is 1.08. The Hall–Kier alpha value is -1.60. The van der Waals surface area contributed by atoms with Gasteiger partial charge in [-0.3, -0.25) is 9.55 Å². The maximum atomic E-state index is 11.6. The Labute approximate surface area is 114 Å². The van der Waals surface area contributed by atoms with Crippen molar-refractivity contribution < 1.29 is 5.11 Å². The van der Waals surface area contributed by atoms with E-state index in [1.165, 1.54) is 11.8 Å². The molecule has 19 heavy (non-hydrogen) atoms. The fourth-order valence-electron chi connectivity index (χ4n) is 1.62. The van der Waals surface area contributed by atoms with Crippen molar-refractivity contribution in [2.24, 2.45) is 0 Å². The highest BCUT2D eigenvalue weighted by Gasteiger charge is 2.13. The van der Waals surface area contributed by atoms with Gasteiger partial charge in [-0.1, -0.05) is 0 Å². The normalized spacial score (nSPS) is 12.9. The average Bonchev–Trinajstić information content (AvgIpc) is 2.71. The molecule has 0 saturated carbocycles. The summed E-state index contributed by atoms with van der Waals surface area (Å²) in [4.78, 5) is 16.6. The van der Waals surface area contributed by atoms with Crippen LogP contribution in [-0.4, -0.2) is 24.9 Å². The van der Waals surface area contributed by atoms with Crippen LogP contribution in [0.1, 0.15) is 38.6 Å². The number of nitrogens with one attached hydrogen (secondary N) is 1. The molecular formula is C12H16N4O2S. The van der Waals surface area contributed by atoms with E-state index in [2.05, 4.69) is 15.2 Å². The van der Waals surface area contributed by atoms with Gasteiger partial charge in [0.05, 0.1) is 11.8 Å². The first-order chi connectivity index (χ1) is 8.99. The minimum atomic E-state index is -0.585. The van der Waals surface area contributed by atoms with Crippen molar-refractivity contribution in [3.8, 4) is 0 Å². The van der Waals surface area contributed by atoms with Gasteiger partial charge in [-0.15, -0.1) is 5.10 Å². The van der Waals surface area contributed by atoms with E-state index in [9.17, 15) is 9.90 Å². The van der Waals surface area contributed by atoms with Crippen molar-refractivity contribution in [1.82, 2.24) is 19.7 Å². The highest BCUT2D eigenvalue weighted by atomic mass is 32.2. The SMILES string of the molecule is CC(C)n1c(Sc2ccc([C@H](C)O)nc2)n[nH]c1=O. The van der Waals surface area contributed by atoms with Crippen LogP contribution in [0.15, 0.2) is 33.2 Å². The van der Waals surface area contributed by atoms with Gasteiger partial charge >= 0.3 is 5.69 Å². The number of aromatic nitrogens is 4. The first-order valence-electron chi connectivity index (χ1n) is 5.98. The summed E-state index contributed by atoms with van der Waals surface area (Å²) in [5.41, 5.74) is 0.402. The summed E-state index contributed by atoms with van der Waals surface area (Å²) in [6.45, 7) is 5.52. The van der Waals surface area contributed by atoms with Gasteiger partial charge in [0.2, 0.25) is 0 Å².